The van der Waals surface area contributed by atoms with Gasteiger partial charge in [-0.2, -0.15) is 0 Å². The van der Waals surface area contributed by atoms with E-state index in [4.69, 9.17) is 9.15 Å². The molecule has 0 aliphatic carbocycles. The molecule has 1 fully saturated rings. The summed E-state index contributed by atoms with van der Waals surface area (Å²) >= 11 is 1.50. The number of hydrogen-bond acceptors (Lipinski definition) is 6. The third-order valence-corrected chi connectivity index (χ3v) is 6.78. The zero-order valence-electron chi connectivity index (χ0n) is 18.3. The number of hydrogen-bond donors (Lipinski definition) is 1. The lowest BCUT2D eigenvalue weighted by atomic mass is 9.85. The quantitative estimate of drug-likeness (QED) is 0.589. The first-order valence-corrected chi connectivity index (χ1v) is 11.5. The molecule has 0 saturated carbocycles. The third kappa shape index (κ3) is 5.17. The molecule has 1 aromatic carbocycles. The van der Waals surface area contributed by atoms with Crippen molar-refractivity contribution in [3.05, 3.63) is 58.8 Å². The van der Waals surface area contributed by atoms with Crippen LogP contribution in [0.1, 0.15) is 35.9 Å². The van der Waals surface area contributed by atoms with Crippen LogP contribution in [0.3, 0.4) is 0 Å². The number of benzene rings is 1. The fourth-order valence-electron chi connectivity index (χ4n) is 4.32. The van der Waals surface area contributed by atoms with Gasteiger partial charge in [-0.1, -0.05) is 12.1 Å². The van der Waals surface area contributed by atoms with Crippen LogP contribution in [0.2, 0.25) is 0 Å². The van der Waals surface area contributed by atoms with Crippen molar-refractivity contribution >= 4 is 17.2 Å². The molecule has 6 nitrogen and oxygen atoms in total. The van der Waals surface area contributed by atoms with Crippen molar-refractivity contribution in [2.75, 3.05) is 27.2 Å². The van der Waals surface area contributed by atoms with Gasteiger partial charge >= 0.3 is 0 Å². The summed E-state index contributed by atoms with van der Waals surface area (Å²) in [6.45, 7) is 3.64. The first kappa shape index (κ1) is 21.6. The molecule has 0 radical (unpaired) electrons. The van der Waals surface area contributed by atoms with Crippen molar-refractivity contribution in [2.24, 2.45) is 5.92 Å². The number of aromatic nitrogens is 1. The van der Waals surface area contributed by atoms with Gasteiger partial charge in [0.2, 0.25) is 5.91 Å². The van der Waals surface area contributed by atoms with E-state index in [2.05, 4.69) is 34.4 Å². The molecule has 3 aromatic rings. The number of amides is 1. The highest BCUT2D eigenvalue weighted by atomic mass is 32.1. The number of carbonyl (C=O) groups is 1. The molecule has 31 heavy (non-hydrogen) atoms. The van der Waals surface area contributed by atoms with Crippen LogP contribution in [0, 0.1) is 12.8 Å². The summed E-state index contributed by atoms with van der Waals surface area (Å²) < 4.78 is 10.9. The van der Waals surface area contributed by atoms with Crippen LogP contribution < -0.4 is 10.1 Å². The number of ether oxygens (including phenoxy) is 1. The van der Waals surface area contributed by atoms with Gasteiger partial charge in [-0.25, -0.2) is 4.98 Å². The summed E-state index contributed by atoms with van der Waals surface area (Å²) in [5, 5.41) is 5.89. The molecule has 2 atom stereocenters. The van der Waals surface area contributed by atoms with Crippen molar-refractivity contribution in [1.29, 1.82) is 0 Å². The molecule has 0 bridgehead atoms. The Balaban J connectivity index is 1.36. The summed E-state index contributed by atoms with van der Waals surface area (Å²) in [7, 11) is 3.84. The average Bonchev–Trinajstić information content (AvgIpc) is 3.41. The van der Waals surface area contributed by atoms with Crippen LogP contribution in [0.15, 0.2) is 46.2 Å². The van der Waals surface area contributed by atoms with Gasteiger partial charge in [-0.3, -0.25) is 9.69 Å². The van der Waals surface area contributed by atoms with Crippen LogP contribution in [-0.4, -0.2) is 43.0 Å². The third-order valence-electron chi connectivity index (χ3n) is 5.87. The average molecular weight is 440 g/mol. The molecule has 1 N–H and O–H groups in total. The fourth-order valence-corrected chi connectivity index (χ4v) is 5.10. The predicted molar refractivity (Wildman–Crippen MR) is 122 cm³/mol. The monoisotopic (exact) mass is 439 g/mol. The predicted octanol–water partition coefficient (Wildman–Crippen LogP) is 4.46. The Bertz CT molecular complexity index is 1010. The van der Waals surface area contributed by atoms with Crippen molar-refractivity contribution in [2.45, 2.75) is 32.2 Å². The number of piperidine rings is 1. The molecular formula is C24H29N3O3S. The minimum atomic E-state index is 0.00850. The van der Waals surface area contributed by atoms with Crippen LogP contribution in [0.4, 0.5) is 0 Å². The second-order valence-corrected chi connectivity index (χ2v) is 8.99. The lowest BCUT2D eigenvalue weighted by Gasteiger charge is -2.39. The number of nitrogens with zero attached hydrogens (tertiary/aromatic N) is 2. The van der Waals surface area contributed by atoms with Gasteiger partial charge in [-0.15, -0.1) is 11.3 Å². The molecular weight excluding hydrogens is 410 g/mol. The highest BCUT2D eigenvalue weighted by molar-refractivity contribution is 7.13. The lowest BCUT2D eigenvalue weighted by molar-refractivity contribution is -0.120. The van der Waals surface area contributed by atoms with Crippen LogP contribution >= 0.6 is 11.3 Å². The molecule has 1 saturated heterocycles. The fraction of sp³-hybridized carbons (Fsp3) is 0.417. The van der Waals surface area contributed by atoms with Crippen molar-refractivity contribution < 1.29 is 13.9 Å². The first-order valence-electron chi connectivity index (χ1n) is 10.7. The highest BCUT2D eigenvalue weighted by Crippen LogP contribution is 2.35. The summed E-state index contributed by atoms with van der Waals surface area (Å²) in [5.74, 6) is 2.84. The molecule has 7 heteroatoms. The van der Waals surface area contributed by atoms with E-state index >= 15 is 0 Å². The van der Waals surface area contributed by atoms with Crippen molar-refractivity contribution in [3.8, 4) is 16.5 Å². The van der Waals surface area contributed by atoms with Gasteiger partial charge < -0.3 is 14.5 Å². The SMILES string of the molecule is COc1ccc(C2C(CNC(=O)Cc3csc(-c4ccc(C)o4)n3)CCCN2C)cc1. The van der Waals surface area contributed by atoms with E-state index < -0.39 is 0 Å². The number of nitrogens with one attached hydrogen (secondary N) is 1. The molecule has 0 spiro atoms. The molecule has 1 aliphatic heterocycles. The Morgan fingerprint density at radius 2 is 2.10 bits per heavy atom. The lowest BCUT2D eigenvalue weighted by Crippen LogP contribution is -2.42. The minimum Gasteiger partial charge on any atom is -0.497 e. The number of methoxy groups -OCH3 is 1. The summed E-state index contributed by atoms with van der Waals surface area (Å²) in [6.07, 6.45) is 2.52. The molecule has 2 unspecified atom stereocenters. The molecule has 3 heterocycles. The smallest absolute Gasteiger partial charge is 0.226 e. The molecule has 2 aromatic heterocycles. The van der Waals surface area contributed by atoms with E-state index in [0.717, 1.165) is 47.4 Å². The normalized spacial score (nSPS) is 19.3. The molecule has 164 valence electrons. The highest BCUT2D eigenvalue weighted by Gasteiger charge is 2.30. The standard InChI is InChI=1S/C24H29N3O3S/c1-16-6-11-21(30-16)24-26-19(15-31-24)13-22(28)25-14-18-5-4-12-27(2)23(18)17-7-9-20(29-3)10-8-17/h6-11,15,18,23H,4-5,12-14H2,1-3H3,(H,25,28). The van der Waals surface area contributed by atoms with Gasteiger partial charge in [0.25, 0.3) is 0 Å². The summed E-state index contributed by atoms with van der Waals surface area (Å²) in [4.78, 5) is 19.6. The summed E-state index contributed by atoms with van der Waals surface area (Å²) in [6, 6.07) is 12.4. The zero-order chi connectivity index (χ0) is 21.8. The zero-order valence-corrected chi connectivity index (χ0v) is 19.1. The van der Waals surface area contributed by atoms with E-state index in [-0.39, 0.29) is 18.4 Å². The number of carbonyl (C=O) groups excluding carboxylic acids is 1. The van der Waals surface area contributed by atoms with E-state index in [0.29, 0.717) is 12.5 Å². The van der Waals surface area contributed by atoms with Crippen molar-refractivity contribution in [1.82, 2.24) is 15.2 Å². The number of rotatable bonds is 7. The number of aryl methyl sites for hydroxylation is 1. The Morgan fingerprint density at radius 3 is 2.81 bits per heavy atom. The summed E-state index contributed by atoms with van der Waals surface area (Å²) in [5.41, 5.74) is 2.04. The number of thiazole rings is 1. The maximum absolute atomic E-state index is 12.6. The number of likely N-dealkylation sites (tertiary alicyclic amines) is 1. The Kier molecular flexibility index (Phi) is 6.73. The van der Waals surface area contributed by atoms with Gasteiger partial charge in [-0.05, 0) is 69.1 Å². The molecule has 4 rings (SSSR count). The van der Waals surface area contributed by atoms with E-state index in [1.165, 1.54) is 16.9 Å². The van der Waals surface area contributed by atoms with Crippen LogP contribution in [0.25, 0.3) is 10.8 Å². The van der Waals surface area contributed by atoms with Crippen LogP contribution in [-0.2, 0) is 11.2 Å². The molecule has 1 aliphatic rings. The Morgan fingerprint density at radius 1 is 1.29 bits per heavy atom. The Labute approximate surface area is 187 Å². The number of furan rings is 1. The van der Waals surface area contributed by atoms with E-state index in [9.17, 15) is 4.79 Å². The second kappa shape index (κ2) is 9.66. The van der Waals surface area contributed by atoms with E-state index in [1.54, 1.807) is 7.11 Å². The molecule has 1 amide bonds. The minimum absolute atomic E-state index is 0.00850. The van der Waals surface area contributed by atoms with Crippen molar-refractivity contribution in [3.63, 3.8) is 0 Å². The first-order chi connectivity index (χ1) is 15.0. The second-order valence-electron chi connectivity index (χ2n) is 8.14. The van der Waals surface area contributed by atoms with Gasteiger partial charge in [0, 0.05) is 18.0 Å². The largest absolute Gasteiger partial charge is 0.497 e. The topological polar surface area (TPSA) is 67.6 Å². The maximum atomic E-state index is 12.6. The van der Waals surface area contributed by atoms with E-state index in [1.807, 2.05) is 36.6 Å². The van der Waals surface area contributed by atoms with Crippen LogP contribution in [0.5, 0.6) is 5.75 Å². The maximum Gasteiger partial charge on any atom is 0.226 e. The van der Waals surface area contributed by atoms with Gasteiger partial charge in [0.05, 0.1) is 19.2 Å². The Hall–Kier alpha value is -2.64. The van der Waals surface area contributed by atoms with Gasteiger partial charge in [0.15, 0.2) is 10.8 Å². The van der Waals surface area contributed by atoms with Gasteiger partial charge in [0.1, 0.15) is 11.5 Å².